The molecule has 0 amide bonds. The predicted octanol–water partition coefficient (Wildman–Crippen LogP) is 4.37. The van der Waals surface area contributed by atoms with Gasteiger partial charge < -0.3 is 31.3 Å². The van der Waals surface area contributed by atoms with Crippen molar-refractivity contribution in [2.45, 2.75) is 25.9 Å². The van der Waals surface area contributed by atoms with Crippen LogP contribution in [0.5, 0.6) is 11.5 Å². The van der Waals surface area contributed by atoms with E-state index < -0.39 is 24.0 Å². The summed E-state index contributed by atoms with van der Waals surface area (Å²) in [4.78, 5) is 17.8. The lowest BCUT2D eigenvalue weighted by Crippen LogP contribution is -2.54. The highest BCUT2D eigenvalue weighted by Gasteiger charge is 2.43. The van der Waals surface area contributed by atoms with E-state index in [9.17, 15) is 15.0 Å². The number of carbonyl (C=O) groups excluding carboxylic acids is 1. The number of anilines is 1. The fourth-order valence-electron chi connectivity index (χ4n) is 4.52. The fourth-order valence-corrected chi connectivity index (χ4v) is 4.52. The highest BCUT2D eigenvalue weighted by Crippen LogP contribution is 2.41. The third-order valence-electron chi connectivity index (χ3n) is 6.11. The number of nitrogens with two attached hydrogens (primary N) is 1. The van der Waals surface area contributed by atoms with E-state index in [0.29, 0.717) is 17.0 Å². The summed E-state index contributed by atoms with van der Waals surface area (Å²) in [6.07, 6.45) is -0.426. The molecule has 1 heterocycles. The summed E-state index contributed by atoms with van der Waals surface area (Å²) in [5.41, 5.74) is 9.96. The predicted molar refractivity (Wildman–Crippen MR) is 140 cm³/mol. The second-order valence-electron chi connectivity index (χ2n) is 8.52. The largest absolute Gasteiger partial charge is 0.504 e. The van der Waals surface area contributed by atoms with Crippen molar-refractivity contribution in [3.05, 3.63) is 95.7 Å². The molecule has 6 N–H and O–H groups in total. The molecule has 8 heteroatoms. The maximum atomic E-state index is 13.2. The van der Waals surface area contributed by atoms with E-state index in [1.54, 1.807) is 13.0 Å². The Morgan fingerprint density at radius 3 is 2.33 bits per heavy atom. The number of allylic oxidation sites excluding steroid dienone is 1. The second kappa shape index (κ2) is 10.9. The van der Waals surface area contributed by atoms with E-state index in [2.05, 4.69) is 15.6 Å². The van der Waals surface area contributed by atoms with Crippen molar-refractivity contribution < 1.29 is 19.7 Å². The molecule has 4 rings (SSSR count). The van der Waals surface area contributed by atoms with Crippen molar-refractivity contribution in [1.29, 1.82) is 0 Å². The Bertz CT molecular complexity index is 1280. The van der Waals surface area contributed by atoms with Gasteiger partial charge in [-0.3, -0.25) is 0 Å². The normalized spacial score (nSPS) is 19.9. The Morgan fingerprint density at radius 2 is 1.69 bits per heavy atom. The van der Waals surface area contributed by atoms with Crippen LogP contribution in [0, 0.1) is 5.92 Å². The molecule has 3 atom stereocenters. The molecule has 0 radical (unpaired) electrons. The molecule has 0 bridgehead atoms. The van der Waals surface area contributed by atoms with Crippen LogP contribution < -0.4 is 16.4 Å². The zero-order chi connectivity index (χ0) is 25.7. The summed E-state index contributed by atoms with van der Waals surface area (Å²) < 4.78 is 5.43. The number of phenols is 2. The lowest BCUT2D eigenvalue weighted by molar-refractivity contribution is -0.139. The summed E-state index contributed by atoms with van der Waals surface area (Å²) >= 11 is 0. The number of hydrogen-bond acceptors (Lipinski definition) is 7. The van der Waals surface area contributed by atoms with Crippen molar-refractivity contribution in [2.24, 2.45) is 16.6 Å². The molecule has 36 heavy (non-hydrogen) atoms. The van der Waals surface area contributed by atoms with Gasteiger partial charge in [0.2, 0.25) is 0 Å². The number of amidine groups is 1. The molecule has 8 nitrogen and oxygen atoms in total. The van der Waals surface area contributed by atoms with Crippen LogP contribution in [0.1, 0.15) is 25.3 Å². The van der Waals surface area contributed by atoms with Gasteiger partial charge in [0.25, 0.3) is 0 Å². The van der Waals surface area contributed by atoms with Crippen molar-refractivity contribution in [3.8, 4) is 11.5 Å². The first-order valence-corrected chi connectivity index (χ1v) is 11.8. The van der Waals surface area contributed by atoms with E-state index in [1.807, 2.05) is 67.6 Å². The second-order valence-corrected chi connectivity index (χ2v) is 8.52. The number of para-hydroxylation sites is 1. The number of carbonyl (C=O) groups is 1. The fraction of sp³-hybridized carbons (Fsp3) is 0.214. The van der Waals surface area contributed by atoms with Crippen LogP contribution in [-0.4, -0.2) is 34.8 Å². The SMILES string of the molecule is CCOC(=O)C1=C(C)NC(Nc2ccccc2)C(C(N)=Nc2ccc(O)c(O)c2)C1c1ccccc1. The van der Waals surface area contributed by atoms with E-state index in [4.69, 9.17) is 10.5 Å². The quantitative estimate of drug-likeness (QED) is 0.145. The third-order valence-corrected chi connectivity index (χ3v) is 6.11. The van der Waals surface area contributed by atoms with Crippen LogP contribution in [0.25, 0.3) is 0 Å². The number of ether oxygens (including phenoxy) is 1. The highest BCUT2D eigenvalue weighted by molar-refractivity contribution is 5.96. The van der Waals surface area contributed by atoms with Gasteiger partial charge in [0.05, 0.1) is 23.8 Å². The molecule has 1 aliphatic heterocycles. The Morgan fingerprint density at radius 1 is 1.03 bits per heavy atom. The summed E-state index contributed by atoms with van der Waals surface area (Å²) in [5, 5.41) is 26.5. The molecule has 0 spiro atoms. The molecular weight excluding hydrogens is 456 g/mol. The average molecular weight is 487 g/mol. The first-order chi connectivity index (χ1) is 17.4. The Balaban J connectivity index is 1.87. The lowest BCUT2D eigenvalue weighted by Gasteiger charge is -2.41. The highest BCUT2D eigenvalue weighted by atomic mass is 16.5. The van der Waals surface area contributed by atoms with Gasteiger partial charge in [-0.25, -0.2) is 9.79 Å². The summed E-state index contributed by atoms with van der Waals surface area (Å²) in [6, 6.07) is 23.6. The van der Waals surface area contributed by atoms with Crippen LogP contribution in [0.15, 0.2) is 95.1 Å². The number of aliphatic imine (C=N–C) groups is 1. The topological polar surface area (TPSA) is 129 Å². The summed E-state index contributed by atoms with van der Waals surface area (Å²) in [5.74, 6) is -1.72. The lowest BCUT2D eigenvalue weighted by atomic mass is 9.74. The minimum Gasteiger partial charge on any atom is -0.504 e. The molecule has 0 saturated heterocycles. The van der Waals surface area contributed by atoms with Gasteiger partial charge in [-0.15, -0.1) is 0 Å². The standard InChI is InChI=1S/C28H30N4O4/c1-3-36-28(35)23-17(2)30-27(32-19-12-8-5-9-13-19)25(24(23)18-10-6-4-7-11-18)26(29)31-20-14-15-21(33)22(34)16-20/h4-16,24-25,27,30,32-34H,3H2,1-2H3,(H2,29,31). The number of nitrogens with one attached hydrogen (secondary N) is 2. The Hall–Kier alpha value is -4.46. The number of esters is 1. The van der Waals surface area contributed by atoms with Crippen molar-refractivity contribution in [1.82, 2.24) is 5.32 Å². The Labute approximate surface area is 210 Å². The van der Waals surface area contributed by atoms with Gasteiger partial charge >= 0.3 is 5.97 Å². The van der Waals surface area contributed by atoms with Gasteiger partial charge in [-0.2, -0.15) is 0 Å². The molecular formula is C28H30N4O4. The summed E-state index contributed by atoms with van der Waals surface area (Å²) in [6.45, 7) is 3.86. The van der Waals surface area contributed by atoms with Gasteiger partial charge in [-0.05, 0) is 43.7 Å². The van der Waals surface area contributed by atoms with E-state index in [0.717, 1.165) is 11.3 Å². The van der Waals surface area contributed by atoms with Crippen molar-refractivity contribution >= 4 is 23.2 Å². The molecule has 0 aliphatic carbocycles. The Kier molecular flexibility index (Phi) is 7.44. The molecule has 3 aromatic carbocycles. The number of phenolic OH excluding ortho intramolecular Hbond substituents is 2. The molecule has 3 aromatic rings. The van der Waals surface area contributed by atoms with Crippen molar-refractivity contribution in [3.63, 3.8) is 0 Å². The number of rotatable bonds is 7. The zero-order valence-corrected chi connectivity index (χ0v) is 20.2. The third kappa shape index (κ3) is 5.27. The van der Waals surface area contributed by atoms with Crippen LogP contribution >= 0.6 is 0 Å². The molecule has 1 aliphatic rings. The van der Waals surface area contributed by atoms with Crippen LogP contribution in [-0.2, 0) is 9.53 Å². The average Bonchev–Trinajstić information content (AvgIpc) is 2.87. The number of benzene rings is 3. The van der Waals surface area contributed by atoms with E-state index in [1.165, 1.54) is 12.1 Å². The van der Waals surface area contributed by atoms with Gasteiger partial charge in [0.1, 0.15) is 12.0 Å². The zero-order valence-electron chi connectivity index (χ0n) is 20.2. The van der Waals surface area contributed by atoms with E-state index >= 15 is 0 Å². The minimum absolute atomic E-state index is 0.240. The van der Waals surface area contributed by atoms with Gasteiger partial charge in [0.15, 0.2) is 11.5 Å². The van der Waals surface area contributed by atoms with Gasteiger partial charge in [0, 0.05) is 23.4 Å². The molecule has 0 aromatic heterocycles. The maximum Gasteiger partial charge on any atom is 0.336 e. The molecule has 0 saturated carbocycles. The van der Waals surface area contributed by atoms with Crippen molar-refractivity contribution in [2.75, 3.05) is 11.9 Å². The summed E-state index contributed by atoms with van der Waals surface area (Å²) in [7, 11) is 0. The van der Waals surface area contributed by atoms with Crippen LogP contribution in [0.2, 0.25) is 0 Å². The maximum absolute atomic E-state index is 13.2. The molecule has 186 valence electrons. The minimum atomic E-state index is -0.522. The van der Waals surface area contributed by atoms with Crippen LogP contribution in [0.4, 0.5) is 11.4 Å². The first kappa shape index (κ1) is 24.7. The number of aromatic hydroxyl groups is 2. The van der Waals surface area contributed by atoms with Gasteiger partial charge in [-0.1, -0.05) is 48.5 Å². The van der Waals surface area contributed by atoms with E-state index in [-0.39, 0.29) is 23.9 Å². The number of nitrogens with zero attached hydrogens (tertiary/aromatic N) is 1. The smallest absolute Gasteiger partial charge is 0.336 e. The first-order valence-electron chi connectivity index (χ1n) is 11.8. The van der Waals surface area contributed by atoms with Crippen LogP contribution in [0.3, 0.4) is 0 Å². The monoisotopic (exact) mass is 486 g/mol. The molecule has 0 fully saturated rings. The number of hydrogen-bond donors (Lipinski definition) is 5. The molecule has 3 unspecified atom stereocenters.